The van der Waals surface area contributed by atoms with Crippen LogP contribution in [-0.2, 0) is 16.1 Å². The molecule has 7 nitrogen and oxygen atoms in total. The lowest BCUT2D eigenvalue weighted by Crippen LogP contribution is -2.31. The number of ether oxygens (including phenoxy) is 1. The van der Waals surface area contributed by atoms with Crippen molar-refractivity contribution in [3.63, 3.8) is 0 Å². The molecule has 0 aliphatic heterocycles. The molecule has 1 aromatic heterocycles. The fourth-order valence-electron chi connectivity index (χ4n) is 1.17. The van der Waals surface area contributed by atoms with Gasteiger partial charge < -0.3 is 15.2 Å². The zero-order chi connectivity index (χ0) is 11.8. The number of amides is 1. The highest BCUT2D eigenvalue weighted by atomic mass is 16.5. The third-order valence-electron chi connectivity index (χ3n) is 1.93. The van der Waals surface area contributed by atoms with Gasteiger partial charge in [0.1, 0.15) is 19.2 Å². The van der Waals surface area contributed by atoms with E-state index in [2.05, 4.69) is 15.4 Å². The zero-order valence-electron chi connectivity index (χ0n) is 9.17. The molecule has 0 aliphatic rings. The number of nitrogens with zero attached hydrogens (tertiary/aromatic N) is 3. The van der Waals surface area contributed by atoms with Gasteiger partial charge >= 0.3 is 0 Å². The molecule has 1 amide bonds. The van der Waals surface area contributed by atoms with Crippen LogP contribution in [0.5, 0.6) is 0 Å². The Hall–Kier alpha value is -1.47. The summed E-state index contributed by atoms with van der Waals surface area (Å²) in [5.74, 6) is -0.157. The molecule has 0 saturated heterocycles. The van der Waals surface area contributed by atoms with Crippen molar-refractivity contribution in [2.45, 2.75) is 19.1 Å². The van der Waals surface area contributed by atoms with E-state index in [1.165, 1.54) is 24.4 Å². The average Bonchev–Trinajstić information content (AvgIpc) is 2.70. The number of hydrogen-bond donors (Lipinski definition) is 2. The van der Waals surface area contributed by atoms with Crippen LogP contribution in [0.2, 0.25) is 0 Å². The number of rotatable bonds is 7. The minimum absolute atomic E-state index is 0.139. The minimum atomic E-state index is -0.545. The monoisotopic (exact) mass is 228 g/mol. The van der Waals surface area contributed by atoms with Crippen molar-refractivity contribution in [3.8, 4) is 0 Å². The Labute approximate surface area is 93.4 Å². The fourth-order valence-corrected chi connectivity index (χ4v) is 1.17. The predicted molar refractivity (Wildman–Crippen MR) is 55.5 cm³/mol. The molecular formula is C9H16N4O3. The van der Waals surface area contributed by atoms with Crippen LogP contribution in [-0.4, -0.2) is 52.1 Å². The van der Waals surface area contributed by atoms with Gasteiger partial charge in [-0.05, 0) is 6.42 Å². The first-order chi connectivity index (χ1) is 7.72. The molecule has 0 saturated carbocycles. The SMILES string of the molecule is COCC(O)CCNC(=O)Cn1cncn1. The van der Waals surface area contributed by atoms with Crippen molar-refractivity contribution in [1.82, 2.24) is 20.1 Å². The summed E-state index contributed by atoms with van der Waals surface area (Å²) in [6.07, 6.45) is 2.77. The second-order valence-electron chi connectivity index (χ2n) is 3.34. The number of carbonyl (C=O) groups excluding carboxylic acids is 1. The summed E-state index contributed by atoms with van der Waals surface area (Å²) >= 11 is 0. The maximum atomic E-state index is 11.3. The van der Waals surface area contributed by atoms with Crippen LogP contribution in [0.25, 0.3) is 0 Å². The summed E-state index contributed by atoms with van der Waals surface area (Å²) in [6.45, 7) is 0.831. The number of methoxy groups -OCH3 is 1. The summed E-state index contributed by atoms with van der Waals surface area (Å²) in [5.41, 5.74) is 0. The lowest BCUT2D eigenvalue weighted by molar-refractivity contribution is -0.121. The third kappa shape index (κ3) is 4.85. The summed E-state index contributed by atoms with van der Waals surface area (Å²) in [6, 6.07) is 0. The van der Waals surface area contributed by atoms with Crippen LogP contribution >= 0.6 is 0 Å². The molecule has 0 radical (unpaired) electrons. The first kappa shape index (κ1) is 12.6. The van der Waals surface area contributed by atoms with E-state index < -0.39 is 6.10 Å². The molecule has 16 heavy (non-hydrogen) atoms. The highest BCUT2D eigenvalue weighted by Gasteiger charge is 2.05. The van der Waals surface area contributed by atoms with Gasteiger partial charge in [0.05, 0.1) is 12.7 Å². The average molecular weight is 228 g/mol. The standard InChI is InChI=1S/C9H16N4O3/c1-16-5-8(14)2-3-11-9(15)4-13-7-10-6-12-13/h6-8,14H,2-5H2,1H3,(H,11,15). The Morgan fingerprint density at radius 1 is 1.69 bits per heavy atom. The normalized spacial score (nSPS) is 12.4. The number of aliphatic hydroxyl groups excluding tert-OH is 1. The van der Waals surface area contributed by atoms with Crippen molar-refractivity contribution < 1.29 is 14.6 Å². The van der Waals surface area contributed by atoms with E-state index in [4.69, 9.17) is 4.74 Å². The lowest BCUT2D eigenvalue weighted by Gasteiger charge is -2.09. The minimum Gasteiger partial charge on any atom is -0.391 e. The Balaban J connectivity index is 2.11. The molecule has 1 heterocycles. The number of aliphatic hydroxyl groups is 1. The number of aromatic nitrogens is 3. The summed E-state index contributed by atoms with van der Waals surface area (Å²) in [7, 11) is 1.52. The number of nitrogens with one attached hydrogen (secondary N) is 1. The third-order valence-corrected chi connectivity index (χ3v) is 1.93. The molecule has 0 aliphatic carbocycles. The molecule has 1 rings (SSSR count). The number of hydrogen-bond acceptors (Lipinski definition) is 5. The van der Waals surface area contributed by atoms with E-state index in [9.17, 15) is 9.90 Å². The van der Waals surface area contributed by atoms with Crippen LogP contribution in [0, 0.1) is 0 Å². The molecule has 7 heteroatoms. The van der Waals surface area contributed by atoms with Crippen molar-refractivity contribution in [2.75, 3.05) is 20.3 Å². The highest BCUT2D eigenvalue weighted by molar-refractivity contribution is 5.75. The second-order valence-corrected chi connectivity index (χ2v) is 3.34. The highest BCUT2D eigenvalue weighted by Crippen LogP contribution is 1.90. The van der Waals surface area contributed by atoms with E-state index in [0.29, 0.717) is 13.0 Å². The molecule has 2 N–H and O–H groups in total. The molecule has 90 valence electrons. The van der Waals surface area contributed by atoms with E-state index in [0.717, 1.165) is 0 Å². The van der Waals surface area contributed by atoms with E-state index >= 15 is 0 Å². The maximum absolute atomic E-state index is 11.3. The quantitative estimate of drug-likeness (QED) is 0.611. The van der Waals surface area contributed by atoms with Gasteiger partial charge in [-0.25, -0.2) is 9.67 Å². The van der Waals surface area contributed by atoms with Gasteiger partial charge in [0, 0.05) is 13.7 Å². The second kappa shape index (κ2) is 6.91. The van der Waals surface area contributed by atoms with Gasteiger partial charge in [-0.3, -0.25) is 4.79 Å². The molecule has 0 bridgehead atoms. The lowest BCUT2D eigenvalue weighted by atomic mass is 10.2. The van der Waals surface area contributed by atoms with Crippen LogP contribution in [0.1, 0.15) is 6.42 Å². The number of carbonyl (C=O) groups is 1. The van der Waals surface area contributed by atoms with Gasteiger partial charge in [-0.15, -0.1) is 0 Å². The van der Waals surface area contributed by atoms with Crippen molar-refractivity contribution >= 4 is 5.91 Å². The van der Waals surface area contributed by atoms with Gasteiger partial charge in [-0.1, -0.05) is 0 Å². The van der Waals surface area contributed by atoms with Crippen LogP contribution < -0.4 is 5.32 Å². The summed E-state index contributed by atoms with van der Waals surface area (Å²) in [4.78, 5) is 15.1. The van der Waals surface area contributed by atoms with Crippen LogP contribution in [0.15, 0.2) is 12.7 Å². The van der Waals surface area contributed by atoms with Crippen molar-refractivity contribution in [2.24, 2.45) is 0 Å². The van der Waals surface area contributed by atoms with E-state index in [-0.39, 0.29) is 19.1 Å². The molecule has 0 aromatic carbocycles. The van der Waals surface area contributed by atoms with Gasteiger partial charge in [0.25, 0.3) is 0 Å². The molecule has 0 fully saturated rings. The molecular weight excluding hydrogens is 212 g/mol. The van der Waals surface area contributed by atoms with E-state index in [1.807, 2.05) is 0 Å². The largest absolute Gasteiger partial charge is 0.391 e. The predicted octanol–water partition coefficient (Wildman–Crippen LogP) is -1.21. The zero-order valence-corrected chi connectivity index (χ0v) is 9.17. The molecule has 1 aromatic rings. The molecule has 0 spiro atoms. The van der Waals surface area contributed by atoms with E-state index in [1.54, 1.807) is 0 Å². The Kier molecular flexibility index (Phi) is 5.44. The topological polar surface area (TPSA) is 89.3 Å². The van der Waals surface area contributed by atoms with Gasteiger partial charge in [-0.2, -0.15) is 5.10 Å². The smallest absolute Gasteiger partial charge is 0.241 e. The Morgan fingerprint density at radius 2 is 2.50 bits per heavy atom. The molecule has 1 unspecified atom stereocenters. The van der Waals surface area contributed by atoms with Crippen molar-refractivity contribution in [1.29, 1.82) is 0 Å². The van der Waals surface area contributed by atoms with Gasteiger partial charge in [0.15, 0.2) is 0 Å². The van der Waals surface area contributed by atoms with Gasteiger partial charge in [0.2, 0.25) is 5.91 Å². The first-order valence-corrected chi connectivity index (χ1v) is 4.98. The first-order valence-electron chi connectivity index (χ1n) is 4.98. The summed E-state index contributed by atoms with van der Waals surface area (Å²) in [5, 5.41) is 15.8. The van der Waals surface area contributed by atoms with Crippen molar-refractivity contribution in [3.05, 3.63) is 12.7 Å². The van der Waals surface area contributed by atoms with Crippen LogP contribution in [0.4, 0.5) is 0 Å². The fraction of sp³-hybridized carbons (Fsp3) is 0.667. The van der Waals surface area contributed by atoms with Crippen LogP contribution in [0.3, 0.4) is 0 Å². The molecule has 1 atom stereocenters. The maximum Gasteiger partial charge on any atom is 0.241 e. The Morgan fingerprint density at radius 3 is 3.12 bits per heavy atom. The Bertz CT molecular complexity index is 302. The summed E-state index contributed by atoms with van der Waals surface area (Å²) < 4.78 is 6.19.